The molecule has 1 aliphatic heterocycles. The van der Waals surface area contributed by atoms with E-state index in [1.165, 1.54) is 6.21 Å². The molecule has 24 heavy (non-hydrogen) atoms. The lowest BCUT2D eigenvalue weighted by Gasteiger charge is -2.13. The first-order valence-corrected chi connectivity index (χ1v) is 7.96. The van der Waals surface area contributed by atoms with Gasteiger partial charge in [0.25, 0.3) is 11.8 Å². The first-order chi connectivity index (χ1) is 11.6. The first-order valence-electron chi connectivity index (χ1n) is 7.96. The highest BCUT2D eigenvalue weighted by molar-refractivity contribution is 6.06. The Labute approximate surface area is 139 Å². The van der Waals surface area contributed by atoms with E-state index in [1.54, 1.807) is 32.4 Å². The summed E-state index contributed by atoms with van der Waals surface area (Å²) in [7, 11) is 3.12. The molecule has 1 saturated heterocycles. The largest absolute Gasteiger partial charge is 0.493 e. The number of imide groups is 1. The highest BCUT2D eigenvalue weighted by Crippen LogP contribution is 2.52. The molecule has 2 amide bonds. The second kappa shape index (κ2) is 5.47. The summed E-state index contributed by atoms with van der Waals surface area (Å²) in [5.41, 5.74) is 0.728. The van der Waals surface area contributed by atoms with E-state index in [4.69, 9.17) is 9.47 Å². The summed E-state index contributed by atoms with van der Waals surface area (Å²) >= 11 is 0. The van der Waals surface area contributed by atoms with Crippen LogP contribution in [0.3, 0.4) is 0 Å². The van der Waals surface area contributed by atoms with E-state index in [9.17, 15) is 9.59 Å². The fraction of sp³-hybridized carbons (Fsp3) is 0.389. The Kier molecular flexibility index (Phi) is 3.40. The molecule has 4 rings (SSSR count). The molecule has 3 aliphatic rings. The van der Waals surface area contributed by atoms with Crippen LogP contribution in [0.1, 0.15) is 12.0 Å². The average Bonchev–Trinajstić information content (AvgIpc) is 3.27. The van der Waals surface area contributed by atoms with Crippen molar-refractivity contribution in [1.82, 2.24) is 5.01 Å². The van der Waals surface area contributed by atoms with Crippen molar-refractivity contribution in [1.29, 1.82) is 0 Å². The van der Waals surface area contributed by atoms with Crippen LogP contribution in [0.2, 0.25) is 0 Å². The standard InChI is InChI=1S/C18H18N2O4/c1-23-13-6-3-10(7-14(13)24-2)9-19-20-17(21)15-11-4-5-12(8-11)16(15)18(20)22/h3-7,9,11-12,15-16H,8H2,1-2H3. The molecule has 2 bridgehead atoms. The van der Waals surface area contributed by atoms with Crippen LogP contribution in [0.25, 0.3) is 0 Å². The molecule has 0 aromatic heterocycles. The van der Waals surface area contributed by atoms with Crippen molar-refractivity contribution in [3.8, 4) is 11.5 Å². The Hall–Kier alpha value is -2.63. The Morgan fingerprint density at radius 1 is 1.04 bits per heavy atom. The van der Waals surface area contributed by atoms with Gasteiger partial charge < -0.3 is 9.47 Å². The van der Waals surface area contributed by atoms with E-state index in [-0.39, 0.29) is 35.5 Å². The minimum Gasteiger partial charge on any atom is -0.493 e. The molecule has 1 aromatic rings. The molecule has 124 valence electrons. The van der Waals surface area contributed by atoms with Crippen LogP contribution in [0, 0.1) is 23.7 Å². The number of rotatable bonds is 4. The van der Waals surface area contributed by atoms with E-state index >= 15 is 0 Å². The molecular formula is C18H18N2O4. The number of hydrazone groups is 1. The van der Waals surface area contributed by atoms with Gasteiger partial charge in [0, 0.05) is 0 Å². The molecule has 2 aliphatic carbocycles. The fourth-order valence-corrected chi connectivity index (χ4v) is 4.06. The SMILES string of the molecule is COc1ccc(C=NN2C(=O)C3C4C=CC(C4)C3C2=O)cc1OC. The maximum Gasteiger partial charge on any atom is 0.254 e. The average molecular weight is 326 g/mol. The van der Waals surface area contributed by atoms with Crippen molar-refractivity contribution in [3.05, 3.63) is 35.9 Å². The molecule has 0 radical (unpaired) electrons. The number of fused-ring (bicyclic) bond motifs is 5. The van der Waals surface area contributed by atoms with E-state index in [1.807, 2.05) is 0 Å². The third-order valence-electron chi connectivity index (χ3n) is 5.18. The second-order valence-corrected chi connectivity index (χ2v) is 6.35. The van der Waals surface area contributed by atoms with Gasteiger partial charge in [-0.3, -0.25) is 9.59 Å². The van der Waals surface area contributed by atoms with Gasteiger partial charge in [0.1, 0.15) is 0 Å². The second-order valence-electron chi connectivity index (χ2n) is 6.35. The van der Waals surface area contributed by atoms with Gasteiger partial charge >= 0.3 is 0 Å². The first kappa shape index (κ1) is 14.9. The zero-order chi connectivity index (χ0) is 16.8. The molecule has 1 saturated carbocycles. The Balaban J connectivity index is 1.57. The lowest BCUT2D eigenvalue weighted by molar-refractivity contribution is -0.140. The number of methoxy groups -OCH3 is 2. The van der Waals surface area contributed by atoms with Crippen LogP contribution in [-0.4, -0.2) is 37.3 Å². The minimum absolute atomic E-state index is 0.182. The summed E-state index contributed by atoms with van der Waals surface area (Å²) in [6.45, 7) is 0. The number of hydrogen-bond acceptors (Lipinski definition) is 5. The number of ether oxygens (including phenoxy) is 2. The van der Waals surface area contributed by atoms with Crippen LogP contribution in [0.4, 0.5) is 0 Å². The summed E-state index contributed by atoms with van der Waals surface area (Å²) in [5.74, 6) is 0.748. The predicted octanol–water partition coefficient (Wildman–Crippen LogP) is 1.84. The lowest BCUT2D eigenvalue weighted by Crippen LogP contribution is -2.28. The van der Waals surface area contributed by atoms with Crippen LogP contribution in [0.15, 0.2) is 35.5 Å². The number of nitrogens with zero attached hydrogens (tertiary/aromatic N) is 2. The molecule has 4 atom stereocenters. The van der Waals surface area contributed by atoms with E-state index in [0.29, 0.717) is 11.5 Å². The van der Waals surface area contributed by atoms with Crippen molar-refractivity contribution in [2.75, 3.05) is 14.2 Å². The minimum atomic E-state index is -0.227. The highest BCUT2D eigenvalue weighted by atomic mass is 16.5. The van der Waals surface area contributed by atoms with Gasteiger partial charge in [-0.25, -0.2) is 0 Å². The van der Waals surface area contributed by atoms with Crippen LogP contribution in [0.5, 0.6) is 11.5 Å². The summed E-state index contributed by atoms with van der Waals surface area (Å²) in [5, 5.41) is 5.19. The molecule has 1 aromatic carbocycles. The lowest BCUT2D eigenvalue weighted by atomic mass is 9.85. The summed E-state index contributed by atoms with van der Waals surface area (Å²) in [4.78, 5) is 25.1. The number of hydrogen-bond donors (Lipinski definition) is 0. The molecule has 4 unspecified atom stereocenters. The third-order valence-corrected chi connectivity index (χ3v) is 5.18. The fourth-order valence-electron chi connectivity index (χ4n) is 4.06. The van der Waals surface area contributed by atoms with Crippen molar-refractivity contribution in [2.24, 2.45) is 28.8 Å². The van der Waals surface area contributed by atoms with Crippen molar-refractivity contribution < 1.29 is 19.1 Å². The molecule has 6 heteroatoms. The normalized spacial score (nSPS) is 30.5. The number of benzene rings is 1. The van der Waals surface area contributed by atoms with Crippen molar-refractivity contribution >= 4 is 18.0 Å². The summed E-state index contributed by atoms with van der Waals surface area (Å²) < 4.78 is 10.4. The zero-order valence-corrected chi connectivity index (χ0v) is 13.5. The monoisotopic (exact) mass is 326 g/mol. The van der Waals surface area contributed by atoms with Crippen LogP contribution in [-0.2, 0) is 9.59 Å². The van der Waals surface area contributed by atoms with E-state index < -0.39 is 0 Å². The molecule has 1 heterocycles. The molecular weight excluding hydrogens is 308 g/mol. The Bertz CT molecular complexity index is 740. The zero-order valence-electron chi connectivity index (χ0n) is 13.5. The quantitative estimate of drug-likeness (QED) is 0.481. The topological polar surface area (TPSA) is 68.2 Å². The van der Waals surface area contributed by atoms with Gasteiger partial charge in [-0.2, -0.15) is 10.1 Å². The Morgan fingerprint density at radius 2 is 1.67 bits per heavy atom. The van der Waals surface area contributed by atoms with Gasteiger partial charge in [0.05, 0.1) is 32.3 Å². The van der Waals surface area contributed by atoms with Gasteiger partial charge in [0.2, 0.25) is 0 Å². The maximum absolute atomic E-state index is 12.5. The van der Waals surface area contributed by atoms with Gasteiger partial charge in [0.15, 0.2) is 11.5 Å². The molecule has 6 nitrogen and oxygen atoms in total. The highest BCUT2D eigenvalue weighted by Gasteiger charge is 2.59. The van der Waals surface area contributed by atoms with Crippen molar-refractivity contribution in [3.63, 3.8) is 0 Å². The van der Waals surface area contributed by atoms with Crippen LogP contribution >= 0.6 is 0 Å². The van der Waals surface area contributed by atoms with Crippen molar-refractivity contribution in [2.45, 2.75) is 6.42 Å². The summed E-state index contributed by atoms with van der Waals surface area (Å²) in [6.07, 6.45) is 6.56. The van der Waals surface area contributed by atoms with E-state index in [2.05, 4.69) is 17.3 Å². The maximum atomic E-state index is 12.5. The van der Waals surface area contributed by atoms with Gasteiger partial charge in [-0.1, -0.05) is 12.2 Å². The number of allylic oxidation sites excluding steroid dienone is 2. The molecule has 0 spiro atoms. The number of carbonyl (C=O) groups excluding carboxylic acids is 2. The van der Waals surface area contributed by atoms with Gasteiger partial charge in [-0.05, 0) is 42.0 Å². The predicted molar refractivity (Wildman–Crippen MR) is 86.7 cm³/mol. The number of amides is 2. The smallest absolute Gasteiger partial charge is 0.254 e. The number of carbonyl (C=O) groups is 2. The van der Waals surface area contributed by atoms with E-state index in [0.717, 1.165) is 17.0 Å². The third kappa shape index (κ3) is 2.06. The molecule has 0 N–H and O–H groups in total. The Morgan fingerprint density at radius 3 is 2.25 bits per heavy atom. The van der Waals surface area contributed by atoms with Gasteiger partial charge in [-0.15, -0.1) is 0 Å². The summed E-state index contributed by atoms with van der Waals surface area (Å²) in [6, 6.07) is 5.30. The van der Waals surface area contributed by atoms with Crippen LogP contribution < -0.4 is 9.47 Å². The molecule has 2 fully saturated rings.